The molecule has 8 heteroatoms. The summed E-state index contributed by atoms with van der Waals surface area (Å²) in [7, 11) is 1.89. The van der Waals surface area contributed by atoms with Crippen LogP contribution < -0.4 is 15.0 Å². The van der Waals surface area contributed by atoms with Crippen molar-refractivity contribution in [1.29, 1.82) is 0 Å². The number of hydrogen-bond donors (Lipinski definition) is 2. The molecular weight excluding hydrogens is 383 g/mol. The summed E-state index contributed by atoms with van der Waals surface area (Å²) in [5, 5.41) is 12.5. The standard InChI is InChI=1S/C21H26F3N3O2/c1-4-6-15(5-2)19-18(27(3)13-14-28)11-12-25-20(19)26-16-7-9-17(10-8-16)29-21(22,23)24/h6-12,28H,4-5,13-14H2,1-3H3,(H,25,26)/b15-6+. The predicted molar refractivity (Wildman–Crippen MR) is 110 cm³/mol. The molecule has 5 nitrogen and oxygen atoms in total. The Hall–Kier alpha value is -2.74. The molecule has 1 heterocycles. The zero-order valence-corrected chi connectivity index (χ0v) is 16.8. The van der Waals surface area contributed by atoms with Gasteiger partial charge in [0.15, 0.2) is 0 Å². The number of anilines is 3. The third kappa shape index (κ3) is 6.39. The number of likely N-dealkylation sites (N-methyl/N-ethyl adjacent to an activating group) is 1. The summed E-state index contributed by atoms with van der Waals surface area (Å²) >= 11 is 0. The number of rotatable bonds is 9. The molecule has 2 aromatic rings. The highest BCUT2D eigenvalue weighted by Crippen LogP contribution is 2.35. The number of aromatic nitrogens is 1. The maximum Gasteiger partial charge on any atom is 0.573 e. The molecule has 0 fully saturated rings. The first kappa shape index (κ1) is 22.5. The van der Waals surface area contributed by atoms with Crippen molar-refractivity contribution in [1.82, 2.24) is 4.98 Å². The van der Waals surface area contributed by atoms with Gasteiger partial charge in [-0.1, -0.05) is 19.9 Å². The molecule has 2 rings (SSSR count). The van der Waals surface area contributed by atoms with Crippen LogP contribution in [0.1, 0.15) is 32.3 Å². The summed E-state index contributed by atoms with van der Waals surface area (Å²) in [4.78, 5) is 6.40. The van der Waals surface area contributed by atoms with E-state index in [0.29, 0.717) is 18.1 Å². The van der Waals surface area contributed by atoms with Gasteiger partial charge in [-0.05, 0) is 48.7 Å². The third-order valence-electron chi connectivity index (χ3n) is 4.28. The van der Waals surface area contributed by atoms with Gasteiger partial charge in [0.25, 0.3) is 0 Å². The highest BCUT2D eigenvalue weighted by molar-refractivity contribution is 5.85. The van der Waals surface area contributed by atoms with E-state index in [9.17, 15) is 18.3 Å². The molecule has 0 radical (unpaired) electrons. The second kappa shape index (κ2) is 10.2. The fraction of sp³-hybridized carbons (Fsp3) is 0.381. The monoisotopic (exact) mass is 409 g/mol. The minimum atomic E-state index is -4.73. The lowest BCUT2D eigenvalue weighted by Gasteiger charge is -2.24. The number of pyridine rings is 1. The maximum atomic E-state index is 12.3. The summed E-state index contributed by atoms with van der Waals surface area (Å²) < 4.78 is 41.0. The van der Waals surface area contributed by atoms with Gasteiger partial charge in [0, 0.05) is 36.7 Å². The Balaban J connectivity index is 2.41. The summed E-state index contributed by atoms with van der Waals surface area (Å²) in [5.41, 5.74) is 3.50. The zero-order chi connectivity index (χ0) is 21.4. The molecule has 0 aliphatic rings. The number of allylic oxidation sites excluding steroid dienone is 2. The van der Waals surface area contributed by atoms with Crippen LogP contribution in [-0.4, -0.2) is 36.7 Å². The van der Waals surface area contributed by atoms with Crippen molar-refractivity contribution < 1.29 is 23.0 Å². The number of alkyl halides is 3. The normalized spacial score (nSPS) is 12.0. The number of nitrogens with zero attached hydrogens (tertiary/aromatic N) is 2. The number of ether oxygens (including phenoxy) is 1. The average Bonchev–Trinajstić information content (AvgIpc) is 2.67. The highest BCUT2D eigenvalue weighted by Gasteiger charge is 2.31. The SMILES string of the molecule is CC/C=C(\CC)c1c(N(C)CCO)ccnc1Nc1ccc(OC(F)(F)F)cc1. The Kier molecular flexibility index (Phi) is 7.90. The van der Waals surface area contributed by atoms with Gasteiger partial charge in [-0.2, -0.15) is 0 Å². The van der Waals surface area contributed by atoms with Gasteiger partial charge in [0.1, 0.15) is 11.6 Å². The maximum absolute atomic E-state index is 12.3. The molecule has 29 heavy (non-hydrogen) atoms. The fourth-order valence-corrected chi connectivity index (χ4v) is 3.00. The number of halogens is 3. The molecule has 0 bridgehead atoms. The first-order chi connectivity index (χ1) is 13.8. The summed E-state index contributed by atoms with van der Waals surface area (Å²) in [5.74, 6) is 0.311. The molecule has 1 aromatic heterocycles. The molecule has 0 aliphatic carbocycles. The topological polar surface area (TPSA) is 57.6 Å². The Morgan fingerprint density at radius 1 is 1.21 bits per heavy atom. The van der Waals surface area contributed by atoms with E-state index < -0.39 is 6.36 Å². The van der Waals surface area contributed by atoms with E-state index in [2.05, 4.69) is 35.0 Å². The number of benzene rings is 1. The smallest absolute Gasteiger partial charge is 0.406 e. The van der Waals surface area contributed by atoms with Crippen molar-refractivity contribution in [2.45, 2.75) is 33.1 Å². The van der Waals surface area contributed by atoms with E-state index >= 15 is 0 Å². The van der Waals surface area contributed by atoms with Crippen LogP contribution in [0.3, 0.4) is 0 Å². The Morgan fingerprint density at radius 2 is 1.90 bits per heavy atom. The number of nitrogens with one attached hydrogen (secondary N) is 1. The lowest BCUT2D eigenvalue weighted by molar-refractivity contribution is -0.274. The van der Waals surface area contributed by atoms with Crippen molar-refractivity contribution in [3.8, 4) is 5.75 Å². The number of aliphatic hydroxyl groups is 1. The number of aliphatic hydroxyl groups excluding tert-OH is 1. The minimum Gasteiger partial charge on any atom is -0.406 e. The van der Waals surface area contributed by atoms with Crippen LogP contribution in [0.15, 0.2) is 42.6 Å². The van der Waals surface area contributed by atoms with Crippen molar-refractivity contribution in [2.75, 3.05) is 30.4 Å². The van der Waals surface area contributed by atoms with Crippen LogP contribution in [0, 0.1) is 0 Å². The van der Waals surface area contributed by atoms with Crippen LogP contribution in [0.4, 0.5) is 30.4 Å². The minimum absolute atomic E-state index is 0.0145. The number of hydrogen-bond acceptors (Lipinski definition) is 5. The van der Waals surface area contributed by atoms with E-state index in [-0.39, 0.29) is 12.4 Å². The van der Waals surface area contributed by atoms with Crippen LogP contribution >= 0.6 is 0 Å². The molecule has 158 valence electrons. The molecule has 0 atom stereocenters. The Morgan fingerprint density at radius 3 is 2.45 bits per heavy atom. The van der Waals surface area contributed by atoms with Crippen LogP contribution in [0.2, 0.25) is 0 Å². The summed E-state index contributed by atoms with van der Waals surface area (Å²) in [6, 6.07) is 7.40. The third-order valence-corrected chi connectivity index (χ3v) is 4.28. The van der Waals surface area contributed by atoms with Gasteiger partial charge >= 0.3 is 6.36 Å². The van der Waals surface area contributed by atoms with Crippen LogP contribution in [-0.2, 0) is 0 Å². The van der Waals surface area contributed by atoms with Gasteiger partial charge in [0.05, 0.1) is 6.61 Å². The van der Waals surface area contributed by atoms with Gasteiger partial charge in [-0.3, -0.25) is 0 Å². The van der Waals surface area contributed by atoms with E-state index in [1.807, 2.05) is 18.0 Å². The molecule has 0 amide bonds. The van der Waals surface area contributed by atoms with E-state index in [4.69, 9.17) is 0 Å². The Labute approximate surface area is 168 Å². The van der Waals surface area contributed by atoms with Gasteiger partial charge in [0.2, 0.25) is 0 Å². The van der Waals surface area contributed by atoms with E-state index in [1.54, 1.807) is 6.20 Å². The first-order valence-electron chi connectivity index (χ1n) is 9.42. The second-order valence-electron chi connectivity index (χ2n) is 6.39. The molecule has 0 unspecified atom stereocenters. The van der Waals surface area contributed by atoms with Gasteiger partial charge in [-0.15, -0.1) is 13.2 Å². The molecule has 0 aliphatic heterocycles. The van der Waals surface area contributed by atoms with Crippen LogP contribution in [0.5, 0.6) is 5.75 Å². The van der Waals surface area contributed by atoms with Gasteiger partial charge in [-0.25, -0.2) is 4.98 Å². The average molecular weight is 409 g/mol. The quantitative estimate of drug-likeness (QED) is 0.584. The molecule has 0 saturated heterocycles. The van der Waals surface area contributed by atoms with Crippen LogP contribution in [0.25, 0.3) is 5.57 Å². The molecule has 1 aromatic carbocycles. The Bertz CT molecular complexity index is 821. The van der Waals surface area contributed by atoms with Gasteiger partial charge < -0.3 is 20.1 Å². The van der Waals surface area contributed by atoms with Crippen molar-refractivity contribution >= 4 is 22.8 Å². The highest BCUT2D eigenvalue weighted by atomic mass is 19.4. The van der Waals surface area contributed by atoms with Crippen molar-refractivity contribution in [3.63, 3.8) is 0 Å². The largest absolute Gasteiger partial charge is 0.573 e. The van der Waals surface area contributed by atoms with Crippen molar-refractivity contribution in [2.24, 2.45) is 0 Å². The molecule has 2 N–H and O–H groups in total. The summed E-state index contributed by atoms with van der Waals surface area (Å²) in [6.45, 7) is 4.58. The predicted octanol–water partition coefficient (Wildman–Crippen LogP) is 5.36. The lowest BCUT2D eigenvalue weighted by Crippen LogP contribution is -2.23. The molecule has 0 spiro atoms. The first-order valence-corrected chi connectivity index (χ1v) is 9.42. The second-order valence-corrected chi connectivity index (χ2v) is 6.39. The summed E-state index contributed by atoms with van der Waals surface area (Å²) in [6.07, 6.45) is 0.696. The molecular formula is C21H26F3N3O2. The fourth-order valence-electron chi connectivity index (χ4n) is 3.00. The van der Waals surface area contributed by atoms with E-state index in [0.717, 1.165) is 29.7 Å². The van der Waals surface area contributed by atoms with Crippen molar-refractivity contribution in [3.05, 3.63) is 48.2 Å². The lowest BCUT2D eigenvalue weighted by atomic mass is 10.00. The zero-order valence-electron chi connectivity index (χ0n) is 16.8. The molecule has 0 saturated carbocycles. The van der Waals surface area contributed by atoms with E-state index in [1.165, 1.54) is 24.3 Å².